The van der Waals surface area contributed by atoms with Gasteiger partial charge in [0.25, 0.3) is 0 Å². The van der Waals surface area contributed by atoms with E-state index in [0.717, 1.165) is 0 Å². The summed E-state index contributed by atoms with van der Waals surface area (Å²) in [5.74, 6) is 1.08. The van der Waals surface area contributed by atoms with Gasteiger partial charge in [-0.05, 0) is 60.6 Å². The summed E-state index contributed by atoms with van der Waals surface area (Å²) >= 11 is 7.98. The Morgan fingerprint density at radius 1 is 0.524 bits per heavy atom. The summed E-state index contributed by atoms with van der Waals surface area (Å²) in [6.07, 6.45) is 1.25. The molecule has 0 aliphatic rings. The average molecular weight is 631 g/mol. The molecule has 4 heteroatoms. The van der Waals surface area contributed by atoms with Crippen molar-refractivity contribution in [2.45, 2.75) is 107 Å². The summed E-state index contributed by atoms with van der Waals surface area (Å²) in [6, 6.07) is 15.0. The summed E-state index contributed by atoms with van der Waals surface area (Å²) in [6.45, 7) is 26.8. The molecule has 222 valence electrons. The second kappa shape index (κ2) is 11.8. The molecule has 0 saturated carbocycles. The molecule has 0 atom stereocenters. The summed E-state index contributed by atoms with van der Waals surface area (Å²) in [5, 5.41) is 11.5. The molecule has 0 N–H and O–H groups in total. The highest BCUT2D eigenvalue weighted by Gasteiger charge is 2.23. The zero-order valence-electron chi connectivity index (χ0n) is 27.5. The molecule has 7 rings (SSSR count). The molecule has 3 aromatic carbocycles. The second-order valence-electron chi connectivity index (χ2n) is 12.9. The van der Waals surface area contributed by atoms with Crippen molar-refractivity contribution < 1.29 is 0 Å². The largest absolute Gasteiger partial charge is 0.140 e. The minimum atomic E-state index is 0.143. The van der Waals surface area contributed by atoms with E-state index in [2.05, 4.69) is 106 Å². The fraction of sp³-hybridized carbons (Fsp3) is 0.421. The van der Waals surface area contributed by atoms with Gasteiger partial charge < -0.3 is 0 Å². The van der Waals surface area contributed by atoms with Gasteiger partial charge in [0.05, 0.1) is 0 Å². The van der Waals surface area contributed by atoms with E-state index in [1.807, 2.05) is 59.2 Å². The van der Waals surface area contributed by atoms with Crippen LogP contribution < -0.4 is 0 Å². The van der Waals surface area contributed by atoms with Gasteiger partial charge in [0, 0.05) is 81.4 Å². The molecule has 0 fully saturated rings. The van der Waals surface area contributed by atoms with E-state index >= 15 is 0 Å². The predicted molar refractivity (Wildman–Crippen MR) is 202 cm³/mol. The van der Waals surface area contributed by atoms with Crippen LogP contribution in [0.5, 0.6) is 0 Å². The van der Waals surface area contributed by atoms with Crippen molar-refractivity contribution in [1.29, 1.82) is 0 Å². The van der Waals surface area contributed by atoms with Gasteiger partial charge in [0.1, 0.15) is 0 Å². The minimum absolute atomic E-state index is 0.143. The van der Waals surface area contributed by atoms with Crippen LogP contribution >= 0.6 is 45.3 Å². The van der Waals surface area contributed by atoms with Crippen LogP contribution in [-0.2, 0) is 5.41 Å². The van der Waals surface area contributed by atoms with Gasteiger partial charge in [0.15, 0.2) is 0 Å². The van der Waals surface area contributed by atoms with E-state index in [1.54, 1.807) is 0 Å². The molecular formula is C38H46S4. The molecule has 4 aromatic heterocycles. The number of fused-ring (bicyclic) bond motifs is 12. The van der Waals surface area contributed by atoms with Crippen molar-refractivity contribution in [3.05, 3.63) is 55.9 Å². The highest BCUT2D eigenvalue weighted by Crippen LogP contribution is 2.50. The van der Waals surface area contributed by atoms with Crippen LogP contribution in [0.4, 0.5) is 0 Å². The average Bonchev–Trinajstić information content (AvgIpc) is 3.72. The first-order valence-electron chi connectivity index (χ1n) is 15.6. The van der Waals surface area contributed by atoms with Crippen molar-refractivity contribution in [2.24, 2.45) is 0 Å². The first-order valence-corrected chi connectivity index (χ1v) is 18.9. The Labute approximate surface area is 268 Å². The lowest BCUT2D eigenvalue weighted by Gasteiger charge is -2.15. The third-order valence-electron chi connectivity index (χ3n) is 7.68. The second-order valence-corrected chi connectivity index (χ2v) is 17.4. The highest BCUT2D eigenvalue weighted by molar-refractivity contribution is 7.23. The quantitative estimate of drug-likeness (QED) is 0.167. The molecule has 0 nitrogen and oxygen atoms in total. The summed E-state index contributed by atoms with van der Waals surface area (Å²) < 4.78 is 5.83. The van der Waals surface area contributed by atoms with Gasteiger partial charge in [-0.3, -0.25) is 0 Å². The first kappa shape index (κ1) is 31.4. The normalized spacial score (nSPS) is 12.3. The van der Waals surface area contributed by atoms with Crippen LogP contribution in [-0.4, -0.2) is 0 Å². The van der Waals surface area contributed by atoms with Gasteiger partial charge in [0.2, 0.25) is 0 Å². The van der Waals surface area contributed by atoms with E-state index in [0.29, 0.717) is 11.8 Å². The lowest BCUT2D eigenvalue weighted by Crippen LogP contribution is -2.07. The Hall–Kier alpha value is -1.98. The Kier molecular flexibility index (Phi) is 8.86. The molecule has 42 heavy (non-hydrogen) atoms. The molecule has 0 bridgehead atoms. The van der Waals surface area contributed by atoms with E-state index in [1.165, 1.54) is 87.8 Å². The molecule has 4 heterocycles. The van der Waals surface area contributed by atoms with Crippen molar-refractivity contribution in [3.63, 3.8) is 0 Å². The molecular weight excluding hydrogens is 585 g/mol. The molecule has 0 radical (unpaired) electrons. The fourth-order valence-electron chi connectivity index (χ4n) is 5.62. The topological polar surface area (TPSA) is 0 Å². The lowest BCUT2D eigenvalue weighted by molar-refractivity contribution is 0.604. The SMILES string of the molecule is CC.CCC.Cc1cc2c3cc(C(C)C)sc3c3cc4c(cc3c2s1)c1sc(C(C)(C)C)cc1c1cc(C(C)C)sc14. The Bertz CT molecular complexity index is 2040. The molecule has 0 amide bonds. The van der Waals surface area contributed by atoms with Crippen molar-refractivity contribution in [2.75, 3.05) is 0 Å². The number of hydrogen-bond donors (Lipinski definition) is 0. The molecule has 0 spiro atoms. The Balaban J connectivity index is 0.000000665. The van der Waals surface area contributed by atoms with Gasteiger partial charge in [-0.1, -0.05) is 82.6 Å². The molecule has 0 aliphatic heterocycles. The zero-order valence-corrected chi connectivity index (χ0v) is 30.7. The predicted octanol–water partition coefficient (Wildman–Crippen LogP) is 15.1. The van der Waals surface area contributed by atoms with Crippen LogP contribution in [0.2, 0.25) is 0 Å². The van der Waals surface area contributed by atoms with Crippen LogP contribution in [0.1, 0.15) is 114 Å². The number of thiophene rings is 4. The number of rotatable bonds is 2. The van der Waals surface area contributed by atoms with Gasteiger partial charge >= 0.3 is 0 Å². The molecule has 7 aromatic rings. The van der Waals surface area contributed by atoms with Crippen molar-refractivity contribution >= 4 is 107 Å². The number of aryl methyl sites for hydroxylation is 1. The van der Waals surface area contributed by atoms with Gasteiger partial charge in [-0.15, -0.1) is 45.3 Å². The van der Waals surface area contributed by atoms with Crippen LogP contribution in [0.3, 0.4) is 0 Å². The highest BCUT2D eigenvalue weighted by atomic mass is 32.1. The third-order valence-corrected chi connectivity index (χ3v) is 13.3. The van der Waals surface area contributed by atoms with Crippen LogP contribution in [0.25, 0.3) is 61.9 Å². The minimum Gasteiger partial charge on any atom is -0.140 e. The molecule has 0 aliphatic carbocycles. The Morgan fingerprint density at radius 2 is 0.857 bits per heavy atom. The smallest absolute Gasteiger partial charge is 0.0431 e. The maximum absolute atomic E-state index is 2.56. The number of hydrogen-bond acceptors (Lipinski definition) is 4. The van der Waals surface area contributed by atoms with Gasteiger partial charge in [-0.2, -0.15) is 0 Å². The van der Waals surface area contributed by atoms with Crippen molar-refractivity contribution in [3.8, 4) is 0 Å². The maximum atomic E-state index is 2.56. The van der Waals surface area contributed by atoms with E-state index in [4.69, 9.17) is 0 Å². The number of benzene rings is 3. The van der Waals surface area contributed by atoms with Crippen LogP contribution in [0.15, 0.2) is 36.4 Å². The summed E-state index contributed by atoms with van der Waals surface area (Å²) in [7, 11) is 0. The maximum Gasteiger partial charge on any atom is 0.0431 e. The summed E-state index contributed by atoms with van der Waals surface area (Å²) in [5.41, 5.74) is 0.143. The summed E-state index contributed by atoms with van der Waals surface area (Å²) in [4.78, 5) is 5.84. The molecule has 0 unspecified atom stereocenters. The van der Waals surface area contributed by atoms with E-state index in [-0.39, 0.29) is 5.41 Å². The van der Waals surface area contributed by atoms with Crippen molar-refractivity contribution in [1.82, 2.24) is 0 Å². The first-order chi connectivity index (χ1) is 19.9. The Morgan fingerprint density at radius 3 is 1.26 bits per heavy atom. The monoisotopic (exact) mass is 630 g/mol. The molecule has 0 saturated heterocycles. The lowest BCUT2D eigenvalue weighted by atomic mass is 9.93. The zero-order chi connectivity index (χ0) is 30.7. The van der Waals surface area contributed by atoms with E-state index in [9.17, 15) is 0 Å². The third kappa shape index (κ3) is 5.21. The fourth-order valence-corrected chi connectivity index (χ4v) is 10.3. The van der Waals surface area contributed by atoms with Crippen LogP contribution in [0, 0.1) is 6.92 Å². The standard InChI is InChI=1S/C33H32S4.C3H8.C2H6/c1-15(2)26-12-23-18-9-17(5)34-29(18)19-10-22-21(11-20(19)30(23)35-26)31-24(13-27(36-31)16(3)4)25-14-28(33(6,7)8)37-32(22)25;1-3-2;1-2/h9-16H,1-8H3;3H2,1-2H3;1-2H3. The van der Waals surface area contributed by atoms with E-state index < -0.39 is 0 Å². The van der Waals surface area contributed by atoms with Gasteiger partial charge in [-0.25, -0.2) is 0 Å².